The highest BCUT2D eigenvalue weighted by molar-refractivity contribution is 7.15. The van der Waals surface area contributed by atoms with Crippen LogP contribution in [0.5, 0.6) is 0 Å². The first-order chi connectivity index (χ1) is 10.3. The molecule has 1 aromatic carbocycles. The van der Waals surface area contributed by atoms with E-state index in [-0.39, 0.29) is 11.3 Å². The van der Waals surface area contributed by atoms with Gasteiger partial charge in [-0.05, 0) is 31.2 Å². The molecule has 0 saturated heterocycles. The Hall–Kier alpha value is -2.49. The van der Waals surface area contributed by atoms with Gasteiger partial charge in [0.05, 0.1) is 0 Å². The first kappa shape index (κ1) is 15.9. The number of nitrogens with one attached hydrogen (secondary N) is 2. The molecule has 1 aromatic heterocycles. The van der Waals surface area contributed by atoms with Crippen molar-refractivity contribution in [3.8, 4) is 0 Å². The lowest BCUT2D eigenvalue weighted by molar-refractivity contribution is -0.167. The molecule has 1 heterocycles. The van der Waals surface area contributed by atoms with Crippen LogP contribution >= 0.6 is 11.3 Å². The van der Waals surface area contributed by atoms with Gasteiger partial charge in [-0.1, -0.05) is 11.3 Å². The molecule has 2 amide bonds. The second-order valence-corrected chi connectivity index (χ2v) is 5.29. The number of alkyl halides is 3. The van der Waals surface area contributed by atoms with Crippen LogP contribution in [0.4, 0.5) is 24.0 Å². The first-order valence-electron chi connectivity index (χ1n) is 5.85. The summed E-state index contributed by atoms with van der Waals surface area (Å²) in [4.78, 5) is 22.6. The number of aromatic nitrogens is 2. The lowest BCUT2D eigenvalue weighted by atomic mass is 10.2. The maximum absolute atomic E-state index is 12.1. The second kappa shape index (κ2) is 6.10. The lowest BCUT2D eigenvalue weighted by Gasteiger charge is -2.08. The average Bonchev–Trinajstić information content (AvgIpc) is 2.83. The van der Waals surface area contributed by atoms with Gasteiger partial charge in [-0.3, -0.25) is 14.9 Å². The molecular weight excluding hydrogens is 321 g/mol. The molecule has 0 bridgehead atoms. The molecule has 10 heteroatoms. The van der Waals surface area contributed by atoms with Crippen molar-refractivity contribution in [1.82, 2.24) is 10.2 Å². The van der Waals surface area contributed by atoms with Gasteiger partial charge < -0.3 is 5.32 Å². The summed E-state index contributed by atoms with van der Waals surface area (Å²) in [6.07, 6.45) is -4.97. The summed E-state index contributed by atoms with van der Waals surface area (Å²) in [5, 5.41) is 12.6. The highest BCUT2D eigenvalue weighted by atomic mass is 32.1. The van der Waals surface area contributed by atoms with E-state index in [0.29, 0.717) is 10.1 Å². The molecular formula is C12H9F3N4O2S. The van der Waals surface area contributed by atoms with Gasteiger partial charge in [0.1, 0.15) is 5.01 Å². The normalized spacial score (nSPS) is 11.1. The van der Waals surface area contributed by atoms with E-state index in [1.54, 1.807) is 12.2 Å². The SMILES string of the molecule is Cc1nnc(NC(=O)c2ccc(NC(=O)C(F)(F)F)cc2)s1. The molecule has 6 nitrogen and oxygen atoms in total. The number of carbonyl (C=O) groups is 2. The minimum absolute atomic E-state index is 0.0642. The van der Waals surface area contributed by atoms with Crippen LogP contribution in [-0.4, -0.2) is 28.2 Å². The van der Waals surface area contributed by atoms with Crippen molar-refractivity contribution in [3.63, 3.8) is 0 Å². The molecule has 0 unspecified atom stereocenters. The first-order valence-corrected chi connectivity index (χ1v) is 6.67. The summed E-state index contributed by atoms with van der Waals surface area (Å²) >= 11 is 1.19. The highest BCUT2D eigenvalue weighted by Gasteiger charge is 2.38. The number of amides is 2. The Morgan fingerprint density at radius 2 is 1.73 bits per heavy atom. The van der Waals surface area contributed by atoms with Crippen molar-refractivity contribution in [2.45, 2.75) is 13.1 Å². The maximum Gasteiger partial charge on any atom is 0.471 e. The number of benzene rings is 1. The Morgan fingerprint density at radius 1 is 1.09 bits per heavy atom. The Bertz CT molecular complexity index is 697. The summed E-state index contributed by atoms with van der Waals surface area (Å²) in [5.74, 6) is -2.56. The number of anilines is 2. The van der Waals surface area contributed by atoms with Gasteiger partial charge >= 0.3 is 12.1 Å². The van der Waals surface area contributed by atoms with Crippen molar-refractivity contribution in [3.05, 3.63) is 34.8 Å². The van der Waals surface area contributed by atoms with E-state index < -0.39 is 18.0 Å². The van der Waals surface area contributed by atoms with Gasteiger partial charge in [0, 0.05) is 11.3 Å². The molecule has 0 aliphatic carbocycles. The molecule has 116 valence electrons. The van der Waals surface area contributed by atoms with Crippen LogP contribution in [0, 0.1) is 6.92 Å². The van der Waals surface area contributed by atoms with Crippen molar-refractivity contribution < 1.29 is 22.8 Å². The quantitative estimate of drug-likeness (QED) is 0.906. The van der Waals surface area contributed by atoms with Crippen LogP contribution in [0.3, 0.4) is 0 Å². The number of rotatable bonds is 3. The van der Waals surface area contributed by atoms with E-state index in [1.165, 1.54) is 35.6 Å². The van der Waals surface area contributed by atoms with Crippen LogP contribution in [0.2, 0.25) is 0 Å². The number of hydrogen-bond donors (Lipinski definition) is 2. The van der Waals surface area contributed by atoms with Crippen molar-refractivity contribution in [2.24, 2.45) is 0 Å². The predicted octanol–water partition coefficient (Wildman–Crippen LogP) is 2.60. The lowest BCUT2D eigenvalue weighted by Crippen LogP contribution is -2.29. The average molecular weight is 330 g/mol. The van der Waals surface area contributed by atoms with Gasteiger partial charge in [0.2, 0.25) is 5.13 Å². The number of hydrogen-bond acceptors (Lipinski definition) is 5. The third kappa shape index (κ3) is 4.01. The Morgan fingerprint density at radius 3 is 2.23 bits per heavy atom. The minimum Gasteiger partial charge on any atom is -0.318 e. The summed E-state index contributed by atoms with van der Waals surface area (Å²) in [6.45, 7) is 1.73. The van der Waals surface area contributed by atoms with Crippen molar-refractivity contribution in [2.75, 3.05) is 10.6 Å². The summed E-state index contributed by atoms with van der Waals surface area (Å²) in [7, 11) is 0. The molecule has 0 fully saturated rings. The third-order valence-electron chi connectivity index (χ3n) is 2.41. The van der Waals surface area contributed by atoms with Crippen LogP contribution < -0.4 is 10.6 Å². The minimum atomic E-state index is -4.97. The molecule has 0 saturated carbocycles. The van der Waals surface area contributed by atoms with Crippen LogP contribution in [0.15, 0.2) is 24.3 Å². The largest absolute Gasteiger partial charge is 0.471 e. The monoisotopic (exact) mass is 330 g/mol. The number of aryl methyl sites for hydroxylation is 1. The van der Waals surface area contributed by atoms with Gasteiger partial charge in [-0.2, -0.15) is 13.2 Å². The van der Waals surface area contributed by atoms with E-state index in [9.17, 15) is 22.8 Å². The molecule has 22 heavy (non-hydrogen) atoms. The zero-order valence-electron chi connectivity index (χ0n) is 11.1. The van der Waals surface area contributed by atoms with E-state index in [2.05, 4.69) is 15.5 Å². The fourth-order valence-electron chi connectivity index (χ4n) is 1.42. The Balaban J connectivity index is 2.02. The smallest absolute Gasteiger partial charge is 0.318 e. The van der Waals surface area contributed by atoms with Gasteiger partial charge in [0.25, 0.3) is 5.91 Å². The predicted molar refractivity (Wildman–Crippen MR) is 73.7 cm³/mol. The van der Waals surface area contributed by atoms with E-state index in [1.807, 2.05) is 0 Å². The Kier molecular flexibility index (Phi) is 4.40. The fraction of sp³-hybridized carbons (Fsp3) is 0.167. The van der Waals surface area contributed by atoms with E-state index in [4.69, 9.17) is 0 Å². The third-order valence-corrected chi connectivity index (χ3v) is 3.16. The molecule has 0 spiro atoms. The van der Waals surface area contributed by atoms with Crippen molar-refractivity contribution >= 4 is 34.0 Å². The van der Waals surface area contributed by atoms with Crippen LogP contribution in [-0.2, 0) is 4.79 Å². The summed E-state index contributed by atoms with van der Waals surface area (Å²) in [5.41, 5.74) is 0.142. The van der Waals surface area contributed by atoms with Crippen molar-refractivity contribution in [1.29, 1.82) is 0 Å². The molecule has 2 N–H and O–H groups in total. The zero-order chi connectivity index (χ0) is 16.3. The van der Waals surface area contributed by atoms with Gasteiger partial charge in [0.15, 0.2) is 0 Å². The molecule has 0 aliphatic heterocycles. The summed E-state index contributed by atoms with van der Waals surface area (Å²) < 4.78 is 36.3. The van der Waals surface area contributed by atoms with E-state index in [0.717, 1.165) is 0 Å². The topological polar surface area (TPSA) is 84.0 Å². The zero-order valence-corrected chi connectivity index (χ0v) is 11.9. The number of halogens is 3. The highest BCUT2D eigenvalue weighted by Crippen LogP contribution is 2.19. The second-order valence-electron chi connectivity index (χ2n) is 4.11. The standard InChI is InChI=1S/C12H9F3N4O2S/c1-6-18-19-11(22-6)17-9(20)7-2-4-8(5-3-7)16-10(21)12(13,14)15/h2-5H,1H3,(H,16,21)(H,17,19,20). The Labute approximate surface area is 126 Å². The van der Waals surface area contributed by atoms with Crippen LogP contribution in [0.1, 0.15) is 15.4 Å². The maximum atomic E-state index is 12.1. The number of nitrogens with zero attached hydrogens (tertiary/aromatic N) is 2. The summed E-state index contributed by atoms with van der Waals surface area (Å²) in [6, 6.07) is 4.97. The van der Waals surface area contributed by atoms with Crippen LogP contribution in [0.25, 0.3) is 0 Å². The van der Waals surface area contributed by atoms with Gasteiger partial charge in [-0.25, -0.2) is 0 Å². The molecule has 0 radical (unpaired) electrons. The molecule has 0 atom stereocenters. The fourth-order valence-corrected chi connectivity index (χ4v) is 2.01. The molecule has 2 aromatic rings. The van der Waals surface area contributed by atoms with Gasteiger partial charge in [-0.15, -0.1) is 10.2 Å². The molecule has 0 aliphatic rings. The number of carbonyl (C=O) groups excluding carboxylic acids is 2. The molecule has 2 rings (SSSR count). The van der Waals surface area contributed by atoms with E-state index >= 15 is 0 Å².